The summed E-state index contributed by atoms with van der Waals surface area (Å²) < 4.78 is 5.33. The molecule has 0 spiro atoms. The van der Waals surface area contributed by atoms with Crippen molar-refractivity contribution in [3.8, 4) is 0 Å². The van der Waals surface area contributed by atoms with E-state index in [1.807, 2.05) is 12.1 Å². The highest BCUT2D eigenvalue weighted by molar-refractivity contribution is 5.35. The first kappa shape index (κ1) is 8.47. The first-order valence-electron chi connectivity index (χ1n) is 4.39. The first-order valence-corrected chi connectivity index (χ1v) is 4.39. The lowest BCUT2D eigenvalue weighted by Crippen LogP contribution is -2.35. The van der Waals surface area contributed by atoms with Gasteiger partial charge in [-0.1, -0.05) is 0 Å². The Morgan fingerprint density at radius 3 is 3.08 bits per heavy atom. The number of morpholine rings is 1. The molecule has 0 amide bonds. The lowest BCUT2D eigenvalue weighted by molar-refractivity contribution is 0.0756. The molecule has 2 rings (SSSR count). The summed E-state index contributed by atoms with van der Waals surface area (Å²) in [5.74, 6) is 0. The lowest BCUT2D eigenvalue weighted by Gasteiger charge is -2.23. The monoisotopic (exact) mass is 179 g/mol. The van der Waals surface area contributed by atoms with Gasteiger partial charge in [-0.05, 0) is 12.1 Å². The van der Waals surface area contributed by atoms with Gasteiger partial charge >= 0.3 is 0 Å². The number of anilines is 1. The number of hydrogen-bond acceptors (Lipinski definition) is 4. The van der Waals surface area contributed by atoms with Crippen LogP contribution in [0.25, 0.3) is 0 Å². The number of ether oxygens (including phenoxy) is 1. The Balaban J connectivity index is 2.10. The third-order valence-corrected chi connectivity index (χ3v) is 2.09. The smallest absolute Gasteiger partial charge is 0.0733 e. The van der Waals surface area contributed by atoms with Gasteiger partial charge in [0.1, 0.15) is 0 Å². The highest BCUT2D eigenvalue weighted by Gasteiger charge is 2.15. The maximum Gasteiger partial charge on any atom is 0.0733 e. The van der Waals surface area contributed by atoms with Crippen LogP contribution in [0.5, 0.6) is 0 Å². The van der Waals surface area contributed by atoms with Gasteiger partial charge in [0.05, 0.1) is 36.8 Å². The Kier molecular flexibility index (Phi) is 2.42. The van der Waals surface area contributed by atoms with Crippen molar-refractivity contribution in [1.82, 2.24) is 10.3 Å². The molecule has 1 saturated heterocycles. The number of hydrogen-bond donors (Lipinski definition) is 2. The number of rotatable bonds is 1. The summed E-state index contributed by atoms with van der Waals surface area (Å²) in [4.78, 5) is 4.23. The number of nitrogens with zero attached hydrogens (tertiary/aromatic N) is 1. The molecule has 4 nitrogen and oxygen atoms in total. The first-order chi connectivity index (χ1) is 6.36. The zero-order valence-corrected chi connectivity index (χ0v) is 7.36. The predicted octanol–water partition coefficient (Wildman–Crippen LogP) is 0.325. The van der Waals surface area contributed by atoms with Crippen LogP contribution in [0.15, 0.2) is 18.3 Å². The molecule has 3 N–H and O–H groups in total. The van der Waals surface area contributed by atoms with E-state index in [1.165, 1.54) is 0 Å². The molecule has 2 heterocycles. The van der Waals surface area contributed by atoms with E-state index in [2.05, 4.69) is 10.3 Å². The van der Waals surface area contributed by atoms with Gasteiger partial charge in [-0.15, -0.1) is 0 Å². The minimum absolute atomic E-state index is 0.217. The SMILES string of the molecule is Nc1ccc([C@H]2COCCN2)nc1. The molecule has 1 fully saturated rings. The van der Waals surface area contributed by atoms with Crippen LogP contribution in [0.4, 0.5) is 5.69 Å². The Hall–Kier alpha value is -1.13. The summed E-state index contributed by atoms with van der Waals surface area (Å²) in [6.07, 6.45) is 1.67. The Morgan fingerprint density at radius 1 is 1.54 bits per heavy atom. The van der Waals surface area contributed by atoms with Crippen LogP contribution in [-0.2, 0) is 4.74 Å². The van der Waals surface area contributed by atoms with Crippen LogP contribution in [0, 0.1) is 0 Å². The minimum atomic E-state index is 0.217. The number of pyridine rings is 1. The van der Waals surface area contributed by atoms with Crippen LogP contribution < -0.4 is 11.1 Å². The van der Waals surface area contributed by atoms with Gasteiger partial charge in [-0.25, -0.2) is 0 Å². The van der Waals surface area contributed by atoms with Gasteiger partial charge in [0.15, 0.2) is 0 Å². The van der Waals surface area contributed by atoms with Crippen molar-refractivity contribution >= 4 is 5.69 Å². The van der Waals surface area contributed by atoms with Gasteiger partial charge in [0.2, 0.25) is 0 Å². The van der Waals surface area contributed by atoms with Gasteiger partial charge in [0.25, 0.3) is 0 Å². The van der Waals surface area contributed by atoms with Crippen molar-refractivity contribution in [2.75, 3.05) is 25.5 Å². The summed E-state index contributed by atoms with van der Waals surface area (Å²) in [6, 6.07) is 4.01. The van der Waals surface area contributed by atoms with Gasteiger partial charge in [-0.3, -0.25) is 4.98 Å². The fourth-order valence-electron chi connectivity index (χ4n) is 1.38. The van der Waals surface area contributed by atoms with Gasteiger partial charge in [0, 0.05) is 6.54 Å². The maximum absolute atomic E-state index is 5.54. The van der Waals surface area contributed by atoms with E-state index in [-0.39, 0.29) is 6.04 Å². The largest absolute Gasteiger partial charge is 0.397 e. The van der Waals surface area contributed by atoms with Crippen LogP contribution in [-0.4, -0.2) is 24.7 Å². The van der Waals surface area contributed by atoms with Gasteiger partial charge in [-0.2, -0.15) is 0 Å². The van der Waals surface area contributed by atoms with Crippen molar-refractivity contribution in [2.45, 2.75) is 6.04 Å². The summed E-state index contributed by atoms with van der Waals surface area (Å²) in [6.45, 7) is 2.36. The van der Waals surface area contributed by atoms with Crippen molar-refractivity contribution < 1.29 is 4.74 Å². The van der Waals surface area contributed by atoms with Crippen molar-refractivity contribution in [2.24, 2.45) is 0 Å². The quantitative estimate of drug-likeness (QED) is 0.652. The molecule has 0 unspecified atom stereocenters. The molecule has 1 aliphatic heterocycles. The highest BCUT2D eigenvalue weighted by atomic mass is 16.5. The molecule has 4 heteroatoms. The number of nitrogens with two attached hydrogens (primary N) is 1. The van der Waals surface area contributed by atoms with E-state index in [0.717, 1.165) is 18.8 Å². The van der Waals surface area contributed by atoms with Crippen molar-refractivity contribution in [1.29, 1.82) is 0 Å². The van der Waals surface area contributed by atoms with Crippen LogP contribution in [0.2, 0.25) is 0 Å². The summed E-state index contributed by atoms with van der Waals surface area (Å²) in [5, 5.41) is 3.33. The molecule has 70 valence electrons. The van der Waals surface area contributed by atoms with Crippen LogP contribution in [0.3, 0.4) is 0 Å². The Morgan fingerprint density at radius 2 is 2.46 bits per heavy atom. The van der Waals surface area contributed by atoms with E-state index in [9.17, 15) is 0 Å². The van der Waals surface area contributed by atoms with Crippen molar-refractivity contribution in [3.05, 3.63) is 24.0 Å². The predicted molar refractivity (Wildman–Crippen MR) is 50.2 cm³/mol. The molecule has 0 aliphatic carbocycles. The molecular formula is C9H13N3O. The summed E-state index contributed by atoms with van der Waals surface area (Å²) in [7, 11) is 0. The molecule has 0 bridgehead atoms. The van der Waals surface area contributed by atoms with E-state index < -0.39 is 0 Å². The summed E-state index contributed by atoms with van der Waals surface area (Å²) >= 11 is 0. The topological polar surface area (TPSA) is 60.2 Å². The summed E-state index contributed by atoms with van der Waals surface area (Å²) in [5.41, 5.74) is 7.23. The van der Waals surface area contributed by atoms with Crippen molar-refractivity contribution in [3.63, 3.8) is 0 Å². The molecule has 0 radical (unpaired) electrons. The Bertz CT molecular complexity index is 267. The fourth-order valence-corrected chi connectivity index (χ4v) is 1.38. The molecule has 1 aliphatic rings. The maximum atomic E-state index is 5.54. The minimum Gasteiger partial charge on any atom is -0.397 e. The second-order valence-electron chi connectivity index (χ2n) is 3.10. The zero-order valence-electron chi connectivity index (χ0n) is 7.36. The van der Waals surface area contributed by atoms with E-state index in [1.54, 1.807) is 6.20 Å². The van der Waals surface area contributed by atoms with Gasteiger partial charge < -0.3 is 15.8 Å². The number of aromatic nitrogens is 1. The second-order valence-corrected chi connectivity index (χ2v) is 3.10. The molecule has 1 aromatic rings. The van der Waals surface area contributed by atoms with Crippen LogP contribution in [0.1, 0.15) is 11.7 Å². The highest BCUT2D eigenvalue weighted by Crippen LogP contribution is 2.13. The molecular weight excluding hydrogens is 166 g/mol. The molecule has 13 heavy (non-hydrogen) atoms. The van der Waals surface area contributed by atoms with Crippen LogP contribution >= 0.6 is 0 Å². The third-order valence-electron chi connectivity index (χ3n) is 2.09. The third kappa shape index (κ3) is 1.96. The molecule has 0 aromatic carbocycles. The molecule has 1 aromatic heterocycles. The lowest BCUT2D eigenvalue weighted by atomic mass is 10.2. The zero-order chi connectivity index (χ0) is 9.10. The Labute approximate surface area is 77.1 Å². The normalized spacial score (nSPS) is 22.9. The van der Waals surface area contributed by atoms with E-state index in [0.29, 0.717) is 12.3 Å². The van der Waals surface area contributed by atoms with E-state index >= 15 is 0 Å². The average Bonchev–Trinajstić information content (AvgIpc) is 2.20. The number of nitrogens with one attached hydrogen (secondary N) is 1. The standard InChI is InChI=1S/C9H13N3O/c10-7-1-2-8(12-5-7)9-6-13-4-3-11-9/h1-2,5,9,11H,3-4,6,10H2/t9-/m1/s1. The van der Waals surface area contributed by atoms with E-state index in [4.69, 9.17) is 10.5 Å². The average molecular weight is 179 g/mol. The molecule has 0 saturated carbocycles. The molecule has 1 atom stereocenters. The second kappa shape index (κ2) is 3.72. The fraction of sp³-hybridized carbons (Fsp3) is 0.444. The number of nitrogen functional groups attached to an aromatic ring is 1.